The Morgan fingerprint density at radius 1 is 1.25 bits per heavy atom. The van der Waals surface area contributed by atoms with Crippen molar-refractivity contribution in [1.82, 2.24) is 25.4 Å². The van der Waals surface area contributed by atoms with Gasteiger partial charge in [0.25, 0.3) is 0 Å². The van der Waals surface area contributed by atoms with Gasteiger partial charge in [-0.2, -0.15) is 0 Å². The van der Waals surface area contributed by atoms with Gasteiger partial charge in [0.2, 0.25) is 0 Å². The first-order valence-corrected chi connectivity index (χ1v) is 10.6. The quantitative estimate of drug-likeness (QED) is 0.260. The Balaban J connectivity index is 0.00000392. The van der Waals surface area contributed by atoms with Crippen molar-refractivity contribution in [1.29, 1.82) is 0 Å². The van der Waals surface area contributed by atoms with Gasteiger partial charge < -0.3 is 15.2 Å². The minimum Gasteiger partial charge on any atom is -0.357 e. The summed E-state index contributed by atoms with van der Waals surface area (Å²) in [5.41, 5.74) is 1.35. The highest BCUT2D eigenvalue weighted by molar-refractivity contribution is 14.0. The molecule has 1 aromatic carbocycles. The van der Waals surface area contributed by atoms with Crippen molar-refractivity contribution in [2.24, 2.45) is 10.9 Å². The zero-order chi connectivity index (χ0) is 19.5. The average Bonchev–Trinajstić information content (AvgIpc) is 3.12. The fraction of sp³-hybridized carbons (Fsp3) is 0.550. The highest BCUT2D eigenvalue weighted by atomic mass is 127. The molecule has 6 nitrogen and oxygen atoms in total. The lowest BCUT2D eigenvalue weighted by molar-refractivity contribution is 0.517. The summed E-state index contributed by atoms with van der Waals surface area (Å²) in [7, 11) is 0. The van der Waals surface area contributed by atoms with E-state index in [1.807, 2.05) is 0 Å². The Hall–Kier alpha value is -1.16. The van der Waals surface area contributed by atoms with Crippen LogP contribution in [0.4, 0.5) is 0 Å². The van der Waals surface area contributed by atoms with Gasteiger partial charge in [-0.05, 0) is 37.0 Å². The number of aromatic nitrogens is 3. The van der Waals surface area contributed by atoms with Gasteiger partial charge >= 0.3 is 0 Å². The van der Waals surface area contributed by atoms with Crippen molar-refractivity contribution < 1.29 is 0 Å². The molecule has 2 rings (SSSR count). The van der Waals surface area contributed by atoms with E-state index in [9.17, 15) is 0 Å². The second-order valence-corrected chi connectivity index (χ2v) is 7.46. The molecule has 0 radical (unpaired) electrons. The number of nitrogens with one attached hydrogen (secondary N) is 2. The number of rotatable bonds is 10. The highest BCUT2D eigenvalue weighted by Gasteiger charge is 2.09. The maximum atomic E-state index is 4.81. The van der Waals surface area contributed by atoms with Crippen molar-refractivity contribution in [2.45, 2.75) is 46.6 Å². The van der Waals surface area contributed by atoms with Crippen LogP contribution in [0.15, 0.2) is 40.1 Å². The number of benzene rings is 1. The fourth-order valence-electron chi connectivity index (χ4n) is 2.93. The molecule has 0 aliphatic carbocycles. The molecule has 0 fully saturated rings. The molecule has 1 unspecified atom stereocenters. The lowest BCUT2D eigenvalue weighted by Crippen LogP contribution is -2.39. The van der Waals surface area contributed by atoms with Crippen LogP contribution in [0.2, 0.25) is 0 Å². The van der Waals surface area contributed by atoms with Crippen LogP contribution >= 0.6 is 39.9 Å². The first kappa shape index (κ1) is 24.9. The molecule has 0 bridgehead atoms. The zero-order valence-electron chi connectivity index (χ0n) is 17.0. The van der Waals surface area contributed by atoms with Gasteiger partial charge in [0, 0.05) is 37.1 Å². The summed E-state index contributed by atoms with van der Waals surface area (Å²) < 4.78 is 3.22. The first-order valence-electron chi connectivity index (χ1n) is 9.79. The van der Waals surface area contributed by atoms with Crippen LogP contribution < -0.4 is 10.6 Å². The molecule has 0 saturated carbocycles. The van der Waals surface area contributed by atoms with Gasteiger partial charge in [-0.15, -0.1) is 34.2 Å². The molecule has 2 aromatic rings. The molecule has 0 amide bonds. The molecule has 156 valence electrons. The van der Waals surface area contributed by atoms with E-state index in [0.29, 0.717) is 5.92 Å². The van der Waals surface area contributed by atoms with Crippen molar-refractivity contribution >= 4 is 45.9 Å². The molecule has 2 N–H and O–H groups in total. The maximum absolute atomic E-state index is 4.81. The third-order valence-corrected chi connectivity index (χ3v) is 4.99. The molecule has 1 heterocycles. The lowest BCUT2D eigenvalue weighted by Gasteiger charge is -2.16. The minimum absolute atomic E-state index is 0. The van der Waals surface area contributed by atoms with Gasteiger partial charge in [-0.3, -0.25) is 4.99 Å². The molecule has 0 aliphatic rings. The van der Waals surface area contributed by atoms with Crippen molar-refractivity contribution in [3.05, 3.63) is 46.5 Å². The summed E-state index contributed by atoms with van der Waals surface area (Å²) in [5.74, 6) is 2.41. The molecule has 8 heteroatoms. The van der Waals surface area contributed by atoms with Gasteiger partial charge in [-0.25, -0.2) is 0 Å². The number of nitrogens with zero attached hydrogens (tertiary/aromatic N) is 4. The number of aryl methyl sites for hydroxylation is 1. The van der Waals surface area contributed by atoms with Gasteiger partial charge in [0.1, 0.15) is 12.2 Å². The van der Waals surface area contributed by atoms with E-state index in [4.69, 9.17) is 4.99 Å². The van der Waals surface area contributed by atoms with Crippen LogP contribution in [0.5, 0.6) is 0 Å². The second kappa shape index (κ2) is 13.9. The minimum atomic E-state index is 0. The standard InChI is InChI=1S/C20H31BrN6.HI/c1-4-16(12-17-8-7-9-18(21)13-17)14-24-20(22-6-3)23-10-11-27-15-25-26-19(27)5-2;/h7-9,13,15-16H,4-6,10-12,14H2,1-3H3,(H2,22,23,24);1H. The second-order valence-electron chi connectivity index (χ2n) is 6.55. The van der Waals surface area contributed by atoms with Crippen LogP contribution in [-0.2, 0) is 19.4 Å². The van der Waals surface area contributed by atoms with E-state index in [1.165, 1.54) is 5.56 Å². The van der Waals surface area contributed by atoms with Gasteiger partial charge in [0.15, 0.2) is 5.96 Å². The molecule has 0 aliphatic heterocycles. The summed E-state index contributed by atoms with van der Waals surface area (Å²) in [6, 6.07) is 8.54. The van der Waals surface area contributed by atoms with Crippen LogP contribution in [0.25, 0.3) is 0 Å². The zero-order valence-corrected chi connectivity index (χ0v) is 20.9. The largest absolute Gasteiger partial charge is 0.357 e. The van der Waals surface area contributed by atoms with Crippen molar-refractivity contribution in [3.8, 4) is 0 Å². The maximum Gasteiger partial charge on any atom is 0.191 e. The number of hydrogen-bond donors (Lipinski definition) is 2. The highest BCUT2D eigenvalue weighted by Crippen LogP contribution is 2.17. The van der Waals surface area contributed by atoms with E-state index in [0.717, 1.165) is 61.7 Å². The van der Waals surface area contributed by atoms with Crippen LogP contribution in [0.3, 0.4) is 0 Å². The topological polar surface area (TPSA) is 67.1 Å². The number of halogens is 2. The number of hydrogen-bond acceptors (Lipinski definition) is 3. The van der Waals surface area contributed by atoms with Crippen LogP contribution in [0.1, 0.15) is 38.6 Å². The van der Waals surface area contributed by atoms with E-state index in [2.05, 4.69) is 86.4 Å². The van der Waals surface area contributed by atoms with Crippen LogP contribution in [-0.4, -0.2) is 40.4 Å². The Morgan fingerprint density at radius 3 is 2.75 bits per heavy atom. The lowest BCUT2D eigenvalue weighted by atomic mass is 9.97. The molecule has 28 heavy (non-hydrogen) atoms. The summed E-state index contributed by atoms with van der Waals surface area (Å²) in [5, 5.41) is 14.9. The first-order chi connectivity index (χ1) is 13.2. The smallest absolute Gasteiger partial charge is 0.191 e. The van der Waals surface area contributed by atoms with Gasteiger partial charge in [-0.1, -0.05) is 48.3 Å². The number of aliphatic imine (C=N–C) groups is 1. The monoisotopic (exact) mass is 562 g/mol. The summed E-state index contributed by atoms with van der Waals surface area (Å²) in [4.78, 5) is 4.81. The van der Waals surface area contributed by atoms with E-state index in [-0.39, 0.29) is 24.0 Å². The summed E-state index contributed by atoms with van der Waals surface area (Å²) >= 11 is 3.55. The predicted octanol–water partition coefficient (Wildman–Crippen LogP) is 4.05. The fourth-order valence-corrected chi connectivity index (χ4v) is 3.38. The van der Waals surface area contributed by atoms with E-state index >= 15 is 0 Å². The number of guanidine groups is 1. The van der Waals surface area contributed by atoms with E-state index in [1.54, 1.807) is 6.33 Å². The molecule has 0 saturated heterocycles. The Morgan fingerprint density at radius 2 is 2.07 bits per heavy atom. The normalized spacial score (nSPS) is 12.4. The Labute approximate surface area is 194 Å². The molecular formula is C20H32BrIN6. The summed E-state index contributed by atoms with van der Waals surface area (Å²) in [6.07, 6.45) is 4.83. The predicted molar refractivity (Wildman–Crippen MR) is 130 cm³/mol. The molecule has 1 aromatic heterocycles. The SMILES string of the molecule is CCNC(=NCC(CC)Cc1cccc(Br)c1)NCCn1cnnc1CC.I. The average molecular weight is 563 g/mol. The molecule has 1 atom stereocenters. The summed E-state index contributed by atoms with van der Waals surface area (Å²) in [6.45, 7) is 9.69. The van der Waals surface area contributed by atoms with Crippen molar-refractivity contribution in [3.63, 3.8) is 0 Å². The third kappa shape index (κ3) is 8.46. The molecule has 0 spiro atoms. The third-order valence-electron chi connectivity index (χ3n) is 4.50. The van der Waals surface area contributed by atoms with Crippen LogP contribution in [0, 0.1) is 5.92 Å². The van der Waals surface area contributed by atoms with Crippen molar-refractivity contribution in [2.75, 3.05) is 19.6 Å². The van der Waals surface area contributed by atoms with Gasteiger partial charge in [0.05, 0.1) is 0 Å². The Bertz CT molecular complexity index is 718. The van der Waals surface area contributed by atoms with E-state index < -0.39 is 0 Å². The Kier molecular flexibility index (Phi) is 12.4. The molecular weight excluding hydrogens is 531 g/mol.